The van der Waals surface area contributed by atoms with Gasteiger partial charge in [0.15, 0.2) is 0 Å². The molecule has 0 aliphatic carbocycles. The molecule has 0 aromatic heterocycles. The maximum atomic E-state index is 11.7. The molecule has 1 aromatic carbocycles. The Morgan fingerprint density at radius 1 is 1.60 bits per heavy atom. The summed E-state index contributed by atoms with van der Waals surface area (Å²) < 4.78 is 0. The predicted molar refractivity (Wildman–Crippen MR) is 61.4 cm³/mol. The van der Waals surface area contributed by atoms with Gasteiger partial charge in [-0.15, -0.1) is 12.3 Å². The average molecular weight is 202 g/mol. The smallest absolute Gasteiger partial charge is 0.253 e. The molecule has 0 heterocycles. The summed E-state index contributed by atoms with van der Waals surface area (Å²) in [5.41, 5.74) is 7.62. The summed E-state index contributed by atoms with van der Waals surface area (Å²) in [5.74, 6) is 2.29. The monoisotopic (exact) mass is 202 g/mol. The van der Waals surface area contributed by atoms with Gasteiger partial charge in [0.05, 0.1) is 5.56 Å². The highest BCUT2D eigenvalue weighted by Gasteiger charge is 2.10. The van der Waals surface area contributed by atoms with Crippen LogP contribution in [0.25, 0.3) is 0 Å². The molecule has 0 unspecified atom stereocenters. The molecular weight excluding hydrogens is 188 g/mol. The summed E-state index contributed by atoms with van der Waals surface area (Å²) in [6.07, 6.45) is 5.61. The summed E-state index contributed by atoms with van der Waals surface area (Å²) in [4.78, 5) is 11.7. The number of rotatable bonds is 3. The topological polar surface area (TPSA) is 55.1 Å². The van der Waals surface area contributed by atoms with Crippen LogP contribution in [0.2, 0.25) is 0 Å². The van der Waals surface area contributed by atoms with E-state index in [2.05, 4.69) is 11.2 Å². The molecule has 78 valence electrons. The van der Waals surface area contributed by atoms with Crippen molar-refractivity contribution in [1.29, 1.82) is 0 Å². The first-order chi connectivity index (χ1) is 7.16. The Hall–Kier alpha value is -1.95. The molecule has 0 saturated carbocycles. The van der Waals surface area contributed by atoms with Crippen molar-refractivity contribution < 1.29 is 4.79 Å². The number of amides is 1. The second-order valence-electron chi connectivity index (χ2n) is 3.25. The van der Waals surface area contributed by atoms with Crippen LogP contribution in [0.15, 0.2) is 18.2 Å². The molecule has 15 heavy (non-hydrogen) atoms. The normalized spacial score (nSPS) is 9.33. The summed E-state index contributed by atoms with van der Waals surface area (Å²) >= 11 is 0. The van der Waals surface area contributed by atoms with E-state index in [1.54, 1.807) is 6.07 Å². The Morgan fingerprint density at radius 3 is 2.93 bits per heavy atom. The van der Waals surface area contributed by atoms with Gasteiger partial charge in [0.1, 0.15) is 0 Å². The standard InChI is InChI=1S/C12H14N2O/c1-3-4-8-14-12(15)11-9(2)6-5-7-10(11)13/h1,5-7H,4,8,13H2,2H3,(H,14,15). The van der Waals surface area contributed by atoms with Crippen LogP contribution in [0, 0.1) is 19.3 Å². The highest BCUT2D eigenvalue weighted by atomic mass is 16.1. The fourth-order valence-electron chi connectivity index (χ4n) is 1.34. The number of hydrogen-bond acceptors (Lipinski definition) is 2. The van der Waals surface area contributed by atoms with Crippen LogP contribution in [0.5, 0.6) is 0 Å². The lowest BCUT2D eigenvalue weighted by molar-refractivity contribution is 0.0955. The van der Waals surface area contributed by atoms with Crippen LogP contribution in [-0.4, -0.2) is 12.5 Å². The molecule has 0 spiro atoms. The van der Waals surface area contributed by atoms with Crippen molar-refractivity contribution in [3.63, 3.8) is 0 Å². The lowest BCUT2D eigenvalue weighted by Crippen LogP contribution is -2.25. The zero-order valence-electron chi connectivity index (χ0n) is 8.71. The van der Waals surface area contributed by atoms with E-state index < -0.39 is 0 Å². The number of aryl methyl sites for hydroxylation is 1. The Labute approximate surface area is 89.7 Å². The molecule has 1 aromatic rings. The number of anilines is 1. The largest absolute Gasteiger partial charge is 0.398 e. The van der Waals surface area contributed by atoms with E-state index in [-0.39, 0.29) is 5.91 Å². The minimum absolute atomic E-state index is 0.166. The molecule has 0 bridgehead atoms. The first-order valence-electron chi connectivity index (χ1n) is 4.73. The van der Waals surface area contributed by atoms with Gasteiger partial charge >= 0.3 is 0 Å². The van der Waals surface area contributed by atoms with E-state index in [4.69, 9.17) is 12.2 Å². The van der Waals surface area contributed by atoms with Crippen molar-refractivity contribution in [3.05, 3.63) is 29.3 Å². The van der Waals surface area contributed by atoms with Gasteiger partial charge in [-0.25, -0.2) is 0 Å². The number of nitrogens with one attached hydrogen (secondary N) is 1. The van der Waals surface area contributed by atoms with Crippen LogP contribution in [0.1, 0.15) is 22.3 Å². The van der Waals surface area contributed by atoms with Crippen LogP contribution in [0.4, 0.5) is 5.69 Å². The molecule has 3 heteroatoms. The Morgan fingerprint density at radius 2 is 2.33 bits per heavy atom. The van der Waals surface area contributed by atoms with Gasteiger partial charge in [0, 0.05) is 18.7 Å². The number of carbonyl (C=O) groups excluding carboxylic acids is 1. The average Bonchev–Trinajstić information content (AvgIpc) is 2.18. The summed E-state index contributed by atoms with van der Waals surface area (Å²) in [7, 11) is 0. The highest BCUT2D eigenvalue weighted by molar-refractivity contribution is 6.00. The quantitative estimate of drug-likeness (QED) is 0.441. The van der Waals surface area contributed by atoms with E-state index >= 15 is 0 Å². The van der Waals surface area contributed by atoms with E-state index in [0.717, 1.165) is 5.56 Å². The SMILES string of the molecule is C#CCCNC(=O)c1c(C)cccc1N. The highest BCUT2D eigenvalue weighted by Crippen LogP contribution is 2.15. The third-order valence-corrected chi connectivity index (χ3v) is 2.09. The summed E-state index contributed by atoms with van der Waals surface area (Å²) in [6, 6.07) is 5.39. The van der Waals surface area contributed by atoms with Crippen molar-refractivity contribution in [2.75, 3.05) is 12.3 Å². The maximum absolute atomic E-state index is 11.7. The van der Waals surface area contributed by atoms with Gasteiger partial charge in [-0.1, -0.05) is 12.1 Å². The zero-order chi connectivity index (χ0) is 11.3. The van der Waals surface area contributed by atoms with Crippen molar-refractivity contribution in [2.24, 2.45) is 0 Å². The van der Waals surface area contributed by atoms with Gasteiger partial charge in [-0.2, -0.15) is 0 Å². The fraction of sp³-hybridized carbons (Fsp3) is 0.250. The van der Waals surface area contributed by atoms with E-state index in [1.807, 2.05) is 19.1 Å². The van der Waals surface area contributed by atoms with Crippen molar-refractivity contribution >= 4 is 11.6 Å². The van der Waals surface area contributed by atoms with Gasteiger partial charge in [0.2, 0.25) is 0 Å². The number of nitrogen functional groups attached to an aromatic ring is 1. The molecule has 1 rings (SSSR count). The van der Waals surface area contributed by atoms with E-state index in [0.29, 0.717) is 24.2 Å². The van der Waals surface area contributed by atoms with Crippen LogP contribution >= 0.6 is 0 Å². The minimum Gasteiger partial charge on any atom is -0.398 e. The number of hydrogen-bond donors (Lipinski definition) is 2. The fourth-order valence-corrected chi connectivity index (χ4v) is 1.34. The molecule has 0 radical (unpaired) electrons. The third kappa shape index (κ3) is 2.75. The molecule has 0 atom stereocenters. The molecule has 0 aliphatic heterocycles. The molecule has 0 aliphatic rings. The summed E-state index contributed by atoms with van der Waals surface area (Å²) in [6.45, 7) is 2.33. The Balaban J connectivity index is 2.78. The first-order valence-corrected chi connectivity index (χ1v) is 4.73. The molecule has 1 amide bonds. The van der Waals surface area contributed by atoms with Gasteiger partial charge in [-0.05, 0) is 18.6 Å². The lowest BCUT2D eigenvalue weighted by atomic mass is 10.1. The zero-order valence-corrected chi connectivity index (χ0v) is 8.71. The summed E-state index contributed by atoms with van der Waals surface area (Å²) in [5, 5.41) is 2.72. The van der Waals surface area contributed by atoms with E-state index in [9.17, 15) is 4.79 Å². The molecule has 0 fully saturated rings. The van der Waals surface area contributed by atoms with Crippen LogP contribution < -0.4 is 11.1 Å². The number of carbonyl (C=O) groups is 1. The predicted octanol–water partition coefficient (Wildman–Crippen LogP) is 1.33. The second kappa shape index (κ2) is 5.06. The molecule has 3 nitrogen and oxygen atoms in total. The number of nitrogens with two attached hydrogens (primary N) is 1. The maximum Gasteiger partial charge on any atom is 0.253 e. The molecule has 0 saturated heterocycles. The Kier molecular flexibility index (Phi) is 3.75. The number of terminal acetylenes is 1. The number of benzene rings is 1. The van der Waals surface area contributed by atoms with Crippen molar-refractivity contribution in [1.82, 2.24) is 5.32 Å². The third-order valence-electron chi connectivity index (χ3n) is 2.09. The first kappa shape index (κ1) is 11.1. The van der Waals surface area contributed by atoms with Crippen LogP contribution in [0.3, 0.4) is 0 Å². The minimum atomic E-state index is -0.166. The van der Waals surface area contributed by atoms with E-state index in [1.165, 1.54) is 0 Å². The lowest BCUT2D eigenvalue weighted by Gasteiger charge is -2.08. The van der Waals surface area contributed by atoms with Gasteiger partial charge in [0.25, 0.3) is 5.91 Å². The van der Waals surface area contributed by atoms with Crippen molar-refractivity contribution in [2.45, 2.75) is 13.3 Å². The van der Waals surface area contributed by atoms with Crippen molar-refractivity contribution in [3.8, 4) is 12.3 Å². The van der Waals surface area contributed by atoms with Gasteiger partial charge < -0.3 is 11.1 Å². The van der Waals surface area contributed by atoms with Crippen LogP contribution in [-0.2, 0) is 0 Å². The Bertz CT molecular complexity index is 384. The molecule has 3 N–H and O–H groups in total. The van der Waals surface area contributed by atoms with Gasteiger partial charge in [-0.3, -0.25) is 4.79 Å². The molecular formula is C12H14N2O. The second-order valence-corrected chi connectivity index (χ2v) is 3.25.